The second-order valence-electron chi connectivity index (χ2n) is 8.14. The highest BCUT2D eigenvalue weighted by Crippen LogP contribution is 2.25. The number of hydrogen-bond acceptors (Lipinski definition) is 2. The highest BCUT2D eigenvalue weighted by atomic mass is 16.2. The van der Waals surface area contributed by atoms with Crippen molar-refractivity contribution in [3.8, 4) is 0 Å². The first-order chi connectivity index (χ1) is 14.8. The summed E-state index contributed by atoms with van der Waals surface area (Å²) >= 11 is 0. The predicted octanol–water partition coefficient (Wildman–Crippen LogP) is 4.64. The molecule has 0 radical (unpaired) electrons. The Hall–Kier alpha value is -2.91. The van der Waals surface area contributed by atoms with Crippen molar-refractivity contribution in [2.24, 2.45) is 0 Å². The maximum absolute atomic E-state index is 13.4. The predicted molar refractivity (Wildman–Crippen MR) is 122 cm³/mol. The molecule has 0 bridgehead atoms. The average molecular weight is 399 g/mol. The van der Waals surface area contributed by atoms with E-state index in [4.69, 9.17) is 0 Å². The smallest absolute Gasteiger partial charge is 0.232 e. The SMILES string of the molecule is O=C(NC1CCCN(CCc2ccccc2)C1)C(c1ccccc1)c1ccccc1. The number of amides is 1. The van der Waals surface area contributed by atoms with Crippen molar-refractivity contribution in [1.82, 2.24) is 10.2 Å². The van der Waals surface area contributed by atoms with Crippen molar-refractivity contribution in [2.75, 3.05) is 19.6 Å². The lowest BCUT2D eigenvalue weighted by molar-refractivity contribution is -0.122. The van der Waals surface area contributed by atoms with E-state index in [2.05, 4.69) is 40.5 Å². The third-order valence-electron chi connectivity index (χ3n) is 5.94. The Morgan fingerprint density at radius 2 is 1.43 bits per heavy atom. The third-order valence-corrected chi connectivity index (χ3v) is 5.94. The molecular weight excluding hydrogens is 368 g/mol. The van der Waals surface area contributed by atoms with Gasteiger partial charge in [-0.2, -0.15) is 0 Å². The monoisotopic (exact) mass is 398 g/mol. The fourth-order valence-corrected chi connectivity index (χ4v) is 4.38. The van der Waals surface area contributed by atoms with Crippen LogP contribution in [-0.2, 0) is 11.2 Å². The number of nitrogens with one attached hydrogen (secondary N) is 1. The highest BCUT2D eigenvalue weighted by molar-refractivity contribution is 5.87. The van der Waals surface area contributed by atoms with Crippen LogP contribution in [0.3, 0.4) is 0 Å². The largest absolute Gasteiger partial charge is 0.351 e. The van der Waals surface area contributed by atoms with E-state index in [0.717, 1.165) is 50.0 Å². The molecule has 0 aromatic heterocycles. The van der Waals surface area contributed by atoms with Gasteiger partial charge in [-0.25, -0.2) is 0 Å². The van der Waals surface area contributed by atoms with E-state index >= 15 is 0 Å². The van der Waals surface area contributed by atoms with Crippen LogP contribution in [0, 0.1) is 0 Å². The first-order valence-electron chi connectivity index (χ1n) is 11.0. The summed E-state index contributed by atoms with van der Waals surface area (Å²) in [7, 11) is 0. The molecule has 1 atom stereocenters. The number of carbonyl (C=O) groups is 1. The standard InChI is InChI=1S/C27H30N2O/c30-27(26(23-13-6-2-7-14-23)24-15-8-3-9-16-24)28-25-17-10-19-29(21-25)20-18-22-11-4-1-5-12-22/h1-9,11-16,25-26H,10,17-21H2,(H,28,30). The van der Waals surface area contributed by atoms with Gasteiger partial charge in [-0.1, -0.05) is 91.0 Å². The van der Waals surface area contributed by atoms with Crippen LogP contribution in [0.15, 0.2) is 91.0 Å². The van der Waals surface area contributed by atoms with E-state index in [-0.39, 0.29) is 17.9 Å². The lowest BCUT2D eigenvalue weighted by Gasteiger charge is -2.34. The molecule has 30 heavy (non-hydrogen) atoms. The minimum absolute atomic E-state index is 0.0994. The molecule has 4 rings (SSSR count). The summed E-state index contributed by atoms with van der Waals surface area (Å²) in [5.74, 6) is -0.172. The molecule has 1 aliphatic rings. The van der Waals surface area contributed by atoms with Crippen LogP contribution in [-0.4, -0.2) is 36.5 Å². The lowest BCUT2D eigenvalue weighted by atomic mass is 9.90. The number of hydrogen-bond donors (Lipinski definition) is 1. The maximum atomic E-state index is 13.4. The van der Waals surface area contributed by atoms with Crippen LogP contribution in [0.25, 0.3) is 0 Å². The Bertz CT molecular complexity index is 872. The molecule has 1 N–H and O–H groups in total. The zero-order chi connectivity index (χ0) is 20.6. The van der Waals surface area contributed by atoms with Gasteiger partial charge in [-0.3, -0.25) is 4.79 Å². The number of carbonyl (C=O) groups excluding carboxylic acids is 1. The van der Waals surface area contributed by atoms with E-state index < -0.39 is 0 Å². The van der Waals surface area contributed by atoms with Crippen molar-refractivity contribution in [3.63, 3.8) is 0 Å². The molecule has 3 heteroatoms. The number of likely N-dealkylation sites (tertiary alicyclic amines) is 1. The topological polar surface area (TPSA) is 32.3 Å². The molecule has 0 saturated carbocycles. The van der Waals surface area contributed by atoms with Crippen molar-refractivity contribution in [1.29, 1.82) is 0 Å². The van der Waals surface area contributed by atoms with Gasteiger partial charge in [0.25, 0.3) is 0 Å². The summed E-state index contributed by atoms with van der Waals surface area (Å²) in [6.45, 7) is 3.08. The summed E-state index contributed by atoms with van der Waals surface area (Å²) < 4.78 is 0. The molecule has 3 nitrogen and oxygen atoms in total. The molecule has 1 aliphatic heterocycles. The molecule has 1 unspecified atom stereocenters. The zero-order valence-corrected chi connectivity index (χ0v) is 17.4. The van der Waals surface area contributed by atoms with Crippen LogP contribution in [0.1, 0.15) is 35.4 Å². The normalized spacial score (nSPS) is 17.0. The van der Waals surface area contributed by atoms with Crippen LogP contribution < -0.4 is 5.32 Å². The molecule has 1 fully saturated rings. The second kappa shape index (κ2) is 10.2. The van der Waals surface area contributed by atoms with Gasteiger partial charge >= 0.3 is 0 Å². The summed E-state index contributed by atoms with van der Waals surface area (Å²) in [4.78, 5) is 15.9. The zero-order valence-electron chi connectivity index (χ0n) is 17.4. The Labute approximate surface area is 179 Å². The Balaban J connectivity index is 1.40. The third kappa shape index (κ3) is 5.37. The van der Waals surface area contributed by atoms with Gasteiger partial charge in [-0.15, -0.1) is 0 Å². The van der Waals surface area contributed by atoms with Gasteiger partial charge in [0.1, 0.15) is 0 Å². The first-order valence-corrected chi connectivity index (χ1v) is 11.0. The molecule has 1 saturated heterocycles. The van der Waals surface area contributed by atoms with Gasteiger partial charge in [0.2, 0.25) is 5.91 Å². The van der Waals surface area contributed by atoms with Crippen molar-refractivity contribution >= 4 is 5.91 Å². The first kappa shape index (κ1) is 20.4. The van der Waals surface area contributed by atoms with E-state index in [1.807, 2.05) is 60.7 Å². The molecule has 0 spiro atoms. The fraction of sp³-hybridized carbons (Fsp3) is 0.296. The fourth-order valence-electron chi connectivity index (χ4n) is 4.38. The summed E-state index contributed by atoms with van der Waals surface area (Å²) in [6.07, 6.45) is 3.23. The summed E-state index contributed by atoms with van der Waals surface area (Å²) in [6, 6.07) is 31.0. The Morgan fingerprint density at radius 3 is 2.03 bits per heavy atom. The van der Waals surface area contributed by atoms with E-state index in [1.54, 1.807) is 0 Å². The van der Waals surface area contributed by atoms with E-state index in [1.165, 1.54) is 5.56 Å². The lowest BCUT2D eigenvalue weighted by Crippen LogP contribution is -2.49. The maximum Gasteiger partial charge on any atom is 0.232 e. The molecule has 1 amide bonds. The van der Waals surface area contributed by atoms with Crippen molar-refractivity contribution in [3.05, 3.63) is 108 Å². The Kier molecular flexibility index (Phi) is 6.94. The van der Waals surface area contributed by atoms with Gasteiger partial charge in [0.05, 0.1) is 5.92 Å². The van der Waals surface area contributed by atoms with Crippen molar-refractivity contribution < 1.29 is 4.79 Å². The van der Waals surface area contributed by atoms with Gasteiger partial charge in [0, 0.05) is 19.1 Å². The summed E-state index contributed by atoms with van der Waals surface area (Å²) in [5, 5.41) is 3.36. The molecular formula is C27H30N2O. The summed E-state index contributed by atoms with van der Waals surface area (Å²) in [5.41, 5.74) is 3.45. The quantitative estimate of drug-likeness (QED) is 0.629. The van der Waals surface area contributed by atoms with Crippen LogP contribution in [0.5, 0.6) is 0 Å². The molecule has 1 heterocycles. The highest BCUT2D eigenvalue weighted by Gasteiger charge is 2.27. The molecule has 154 valence electrons. The number of piperidine rings is 1. The number of nitrogens with zero attached hydrogens (tertiary/aromatic N) is 1. The van der Waals surface area contributed by atoms with Crippen molar-refractivity contribution in [2.45, 2.75) is 31.2 Å². The second-order valence-corrected chi connectivity index (χ2v) is 8.14. The number of rotatable bonds is 7. The van der Waals surface area contributed by atoms with E-state index in [0.29, 0.717) is 0 Å². The molecule has 3 aromatic carbocycles. The number of benzene rings is 3. The van der Waals surface area contributed by atoms with Gasteiger partial charge < -0.3 is 10.2 Å². The molecule has 0 aliphatic carbocycles. The minimum Gasteiger partial charge on any atom is -0.351 e. The van der Waals surface area contributed by atoms with Gasteiger partial charge in [-0.05, 0) is 42.5 Å². The Morgan fingerprint density at radius 1 is 0.867 bits per heavy atom. The molecule has 3 aromatic rings. The van der Waals surface area contributed by atoms with Gasteiger partial charge in [0.15, 0.2) is 0 Å². The minimum atomic E-state index is -0.271. The van der Waals surface area contributed by atoms with E-state index in [9.17, 15) is 4.79 Å². The van der Waals surface area contributed by atoms with Crippen LogP contribution in [0.4, 0.5) is 0 Å². The van der Waals surface area contributed by atoms with Crippen LogP contribution in [0.2, 0.25) is 0 Å². The average Bonchev–Trinajstić information content (AvgIpc) is 2.80. The van der Waals surface area contributed by atoms with Crippen LogP contribution >= 0.6 is 0 Å².